The lowest BCUT2D eigenvalue weighted by atomic mass is 10.3. The molecule has 0 aromatic heterocycles. The van der Waals surface area contributed by atoms with E-state index in [2.05, 4.69) is 5.32 Å². The van der Waals surface area contributed by atoms with Gasteiger partial charge in [0.05, 0.1) is 6.17 Å². The molecule has 0 aliphatic carbocycles. The molecule has 6 heavy (non-hydrogen) atoms. The molecule has 2 heteroatoms. The summed E-state index contributed by atoms with van der Waals surface area (Å²) in [7, 11) is 0. The van der Waals surface area contributed by atoms with Gasteiger partial charge in [0.1, 0.15) is 0 Å². The molecule has 0 bridgehead atoms. The van der Waals surface area contributed by atoms with E-state index in [1.807, 2.05) is 0 Å². The first-order valence-electron chi connectivity index (χ1n) is 2.38. The van der Waals surface area contributed by atoms with E-state index < -0.39 is 0 Å². The maximum absolute atomic E-state index is 5.42. The smallest absolute Gasteiger partial charge is 0.0546 e. The fourth-order valence-electron chi connectivity index (χ4n) is 0.711. The molecule has 36 valence electrons. The van der Waals surface area contributed by atoms with Gasteiger partial charge in [-0.15, -0.1) is 0 Å². The largest absolute Gasteiger partial charge is 0.316 e. The zero-order valence-electron chi connectivity index (χ0n) is 3.78. The normalized spacial score (nSPS) is 34.5. The maximum atomic E-state index is 5.42. The van der Waals surface area contributed by atoms with Crippen LogP contribution in [0, 0.1) is 0 Å². The molecule has 0 radical (unpaired) electrons. The van der Waals surface area contributed by atoms with E-state index in [0.717, 1.165) is 13.0 Å². The Hall–Kier alpha value is -0.0800. The van der Waals surface area contributed by atoms with Crippen molar-refractivity contribution in [3.05, 3.63) is 0 Å². The van der Waals surface area contributed by atoms with Crippen molar-refractivity contribution in [2.75, 3.05) is 6.54 Å². The summed E-state index contributed by atoms with van der Waals surface area (Å²) < 4.78 is 0. The number of rotatable bonds is 0. The van der Waals surface area contributed by atoms with E-state index in [9.17, 15) is 0 Å². The van der Waals surface area contributed by atoms with E-state index in [4.69, 9.17) is 5.73 Å². The van der Waals surface area contributed by atoms with Gasteiger partial charge in [0, 0.05) is 0 Å². The summed E-state index contributed by atoms with van der Waals surface area (Å²) in [5, 5.41) is 3.10. The third-order valence-electron chi connectivity index (χ3n) is 1.10. The second-order valence-corrected chi connectivity index (χ2v) is 1.70. The molecule has 0 aromatic carbocycles. The number of hydrogen-bond donors (Lipinski definition) is 2. The van der Waals surface area contributed by atoms with Gasteiger partial charge in [0.2, 0.25) is 0 Å². The lowest BCUT2D eigenvalue weighted by molar-refractivity contribution is 0.634. The number of hydrogen-bond acceptors (Lipinski definition) is 2. The summed E-state index contributed by atoms with van der Waals surface area (Å²) in [4.78, 5) is 0. The average molecular weight is 86.1 g/mol. The van der Waals surface area contributed by atoms with Crippen molar-refractivity contribution >= 4 is 0 Å². The molecule has 1 saturated heterocycles. The van der Waals surface area contributed by atoms with Crippen LogP contribution < -0.4 is 11.1 Å². The van der Waals surface area contributed by atoms with E-state index in [1.165, 1.54) is 6.42 Å². The average Bonchev–Trinajstić information content (AvgIpc) is 1.86. The second-order valence-electron chi connectivity index (χ2n) is 1.70. The SMILES string of the molecule is NC1CCCN1. The van der Waals surface area contributed by atoms with Crippen molar-refractivity contribution in [3.63, 3.8) is 0 Å². The van der Waals surface area contributed by atoms with Crippen LogP contribution in [-0.2, 0) is 0 Å². The molecule has 0 spiro atoms. The topological polar surface area (TPSA) is 38.0 Å². The molecule has 1 unspecified atom stereocenters. The van der Waals surface area contributed by atoms with Gasteiger partial charge >= 0.3 is 0 Å². The van der Waals surface area contributed by atoms with Gasteiger partial charge < -0.3 is 11.1 Å². The van der Waals surface area contributed by atoms with Gasteiger partial charge in [0.25, 0.3) is 0 Å². The Kier molecular flexibility index (Phi) is 1.08. The highest BCUT2D eigenvalue weighted by Crippen LogP contribution is 1.96. The highest BCUT2D eigenvalue weighted by Gasteiger charge is 2.05. The molecule has 0 amide bonds. The van der Waals surface area contributed by atoms with Gasteiger partial charge in [-0.3, -0.25) is 0 Å². The van der Waals surface area contributed by atoms with E-state index in [0.29, 0.717) is 6.17 Å². The molecule has 1 heterocycles. The first-order chi connectivity index (χ1) is 2.89. The van der Waals surface area contributed by atoms with Gasteiger partial charge in [-0.2, -0.15) is 0 Å². The summed E-state index contributed by atoms with van der Waals surface area (Å²) in [5.74, 6) is 0. The summed E-state index contributed by atoms with van der Waals surface area (Å²) in [6.07, 6.45) is 2.70. The number of nitrogens with two attached hydrogens (primary N) is 1. The molecule has 1 aliphatic heterocycles. The van der Waals surface area contributed by atoms with Crippen molar-refractivity contribution in [2.24, 2.45) is 5.73 Å². The lowest BCUT2D eigenvalue weighted by Gasteiger charge is -1.95. The van der Waals surface area contributed by atoms with Crippen LogP contribution in [0.15, 0.2) is 0 Å². The Morgan fingerprint density at radius 1 is 1.67 bits per heavy atom. The second kappa shape index (κ2) is 1.58. The summed E-state index contributed by atoms with van der Waals surface area (Å²) in [6, 6.07) is 0. The zero-order valence-corrected chi connectivity index (χ0v) is 3.78. The Bertz CT molecular complexity index is 38.8. The van der Waals surface area contributed by atoms with Crippen molar-refractivity contribution in [3.8, 4) is 0 Å². The predicted octanol–water partition coefficient (Wildman–Crippen LogP) is -0.345. The quantitative estimate of drug-likeness (QED) is 0.423. The van der Waals surface area contributed by atoms with E-state index >= 15 is 0 Å². The molecular formula is C4H10N2. The fourth-order valence-corrected chi connectivity index (χ4v) is 0.711. The molecule has 0 aromatic rings. The molecular weight excluding hydrogens is 76.1 g/mol. The fraction of sp³-hybridized carbons (Fsp3) is 1.00. The lowest BCUT2D eigenvalue weighted by Crippen LogP contribution is -2.30. The first-order valence-corrected chi connectivity index (χ1v) is 2.38. The highest BCUT2D eigenvalue weighted by atomic mass is 15.0. The van der Waals surface area contributed by atoms with Crippen LogP contribution in [0.5, 0.6) is 0 Å². The zero-order chi connectivity index (χ0) is 4.41. The third-order valence-corrected chi connectivity index (χ3v) is 1.10. The Morgan fingerprint density at radius 2 is 2.50 bits per heavy atom. The predicted molar refractivity (Wildman–Crippen MR) is 25.2 cm³/mol. The van der Waals surface area contributed by atoms with Crippen LogP contribution in [0.2, 0.25) is 0 Å². The van der Waals surface area contributed by atoms with Gasteiger partial charge in [0.15, 0.2) is 0 Å². The molecule has 0 saturated carbocycles. The minimum Gasteiger partial charge on any atom is -0.316 e. The standard InChI is InChI=1S/C4H10N2/c5-4-2-1-3-6-4/h4,6H,1-3,5H2. The molecule has 3 N–H and O–H groups in total. The highest BCUT2D eigenvalue weighted by molar-refractivity contribution is 4.66. The Labute approximate surface area is 37.7 Å². The van der Waals surface area contributed by atoms with E-state index in [-0.39, 0.29) is 0 Å². The van der Waals surface area contributed by atoms with Crippen LogP contribution in [-0.4, -0.2) is 12.7 Å². The Morgan fingerprint density at radius 3 is 2.67 bits per heavy atom. The van der Waals surface area contributed by atoms with Crippen molar-refractivity contribution in [1.82, 2.24) is 5.32 Å². The monoisotopic (exact) mass is 86.1 g/mol. The Balaban J connectivity index is 2.18. The van der Waals surface area contributed by atoms with Crippen LogP contribution in [0.25, 0.3) is 0 Å². The van der Waals surface area contributed by atoms with Gasteiger partial charge in [-0.1, -0.05) is 0 Å². The molecule has 1 fully saturated rings. The summed E-state index contributed by atoms with van der Waals surface area (Å²) in [6.45, 7) is 1.11. The van der Waals surface area contributed by atoms with Crippen LogP contribution >= 0.6 is 0 Å². The molecule has 1 atom stereocenters. The van der Waals surface area contributed by atoms with Crippen molar-refractivity contribution in [2.45, 2.75) is 19.0 Å². The summed E-state index contributed by atoms with van der Waals surface area (Å²) in [5.41, 5.74) is 5.42. The van der Waals surface area contributed by atoms with Gasteiger partial charge in [-0.25, -0.2) is 0 Å². The van der Waals surface area contributed by atoms with Crippen molar-refractivity contribution in [1.29, 1.82) is 0 Å². The number of nitrogens with one attached hydrogen (secondary N) is 1. The van der Waals surface area contributed by atoms with Crippen LogP contribution in [0.3, 0.4) is 0 Å². The maximum Gasteiger partial charge on any atom is 0.0546 e. The van der Waals surface area contributed by atoms with E-state index in [1.54, 1.807) is 0 Å². The minimum atomic E-state index is 0.296. The first kappa shape index (κ1) is 4.09. The molecule has 2 nitrogen and oxygen atoms in total. The van der Waals surface area contributed by atoms with Crippen LogP contribution in [0.1, 0.15) is 12.8 Å². The summed E-state index contributed by atoms with van der Waals surface area (Å²) >= 11 is 0. The van der Waals surface area contributed by atoms with Gasteiger partial charge in [-0.05, 0) is 19.4 Å². The van der Waals surface area contributed by atoms with Crippen LogP contribution in [0.4, 0.5) is 0 Å². The van der Waals surface area contributed by atoms with Crippen molar-refractivity contribution < 1.29 is 0 Å². The minimum absolute atomic E-state index is 0.296. The molecule has 1 rings (SSSR count). The third kappa shape index (κ3) is 0.698. The molecule has 1 aliphatic rings.